The Balaban J connectivity index is 1.91. The van der Waals surface area contributed by atoms with Crippen LogP contribution in [0, 0.1) is 0 Å². The summed E-state index contributed by atoms with van der Waals surface area (Å²) in [6, 6.07) is 10.5. The monoisotopic (exact) mass is 286 g/mol. The smallest absolute Gasteiger partial charge is 0.0354 e. The van der Waals surface area contributed by atoms with Crippen LogP contribution in [0.5, 0.6) is 0 Å². The number of likely N-dealkylation sites (N-methyl/N-ethyl adjacent to an activating group) is 1. The molecule has 1 fully saturated rings. The largest absolute Gasteiger partial charge is 0.315 e. The molecule has 116 valence electrons. The van der Waals surface area contributed by atoms with Crippen molar-refractivity contribution in [3.63, 3.8) is 0 Å². The summed E-state index contributed by atoms with van der Waals surface area (Å²) in [6.07, 6.45) is 5.27. The van der Waals surface area contributed by atoms with Gasteiger partial charge in [-0.25, -0.2) is 0 Å². The molecule has 2 heteroatoms. The van der Waals surface area contributed by atoms with Gasteiger partial charge in [-0.1, -0.05) is 45.0 Å². The summed E-state index contributed by atoms with van der Waals surface area (Å²) in [5, 5.41) is 3.59. The van der Waals surface area contributed by atoms with Gasteiger partial charge in [-0.3, -0.25) is 4.90 Å². The first kappa shape index (κ1) is 15.1. The van der Waals surface area contributed by atoms with Gasteiger partial charge < -0.3 is 5.32 Å². The van der Waals surface area contributed by atoms with Crippen molar-refractivity contribution >= 4 is 0 Å². The molecule has 1 saturated heterocycles. The van der Waals surface area contributed by atoms with E-state index in [0.717, 1.165) is 13.1 Å². The van der Waals surface area contributed by atoms with E-state index in [1.54, 1.807) is 11.1 Å². The average Bonchev–Trinajstić information content (AvgIpc) is 2.51. The van der Waals surface area contributed by atoms with Gasteiger partial charge in [0.1, 0.15) is 0 Å². The minimum atomic E-state index is 0.331. The van der Waals surface area contributed by atoms with Crippen molar-refractivity contribution in [2.24, 2.45) is 0 Å². The molecule has 21 heavy (non-hydrogen) atoms. The maximum atomic E-state index is 3.59. The summed E-state index contributed by atoms with van der Waals surface area (Å²) in [5.41, 5.74) is 3.49. The van der Waals surface area contributed by atoms with Crippen LogP contribution in [0.4, 0.5) is 0 Å². The summed E-state index contributed by atoms with van der Waals surface area (Å²) in [5.74, 6) is 0. The Bertz CT molecular complexity index is 474. The summed E-state index contributed by atoms with van der Waals surface area (Å²) in [4.78, 5) is 2.76. The van der Waals surface area contributed by atoms with Gasteiger partial charge in [0.15, 0.2) is 0 Å². The van der Waals surface area contributed by atoms with Crippen molar-refractivity contribution in [1.82, 2.24) is 10.2 Å². The molecule has 2 aliphatic rings. The number of rotatable bonds is 3. The van der Waals surface area contributed by atoms with Crippen LogP contribution in [0.1, 0.15) is 63.6 Å². The fraction of sp³-hybridized carbons (Fsp3) is 0.684. The van der Waals surface area contributed by atoms with Crippen LogP contribution in [-0.2, 0) is 5.41 Å². The minimum absolute atomic E-state index is 0.331. The zero-order valence-electron chi connectivity index (χ0n) is 13.9. The number of hydrogen-bond donors (Lipinski definition) is 1. The Morgan fingerprint density at radius 1 is 1.24 bits per heavy atom. The first-order valence-electron chi connectivity index (χ1n) is 8.69. The second-order valence-corrected chi connectivity index (χ2v) is 7.36. The Kier molecular flexibility index (Phi) is 4.37. The van der Waals surface area contributed by atoms with E-state index in [1.807, 2.05) is 0 Å². The lowest BCUT2D eigenvalue weighted by Crippen LogP contribution is -2.48. The third-order valence-corrected chi connectivity index (χ3v) is 5.60. The first-order chi connectivity index (χ1) is 10.1. The Morgan fingerprint density at radius 3 is 2.76 bits per heavy atom. The predicted molar refractivity (Wildman–Crippen MR) is 89.7 cm³/mol. The SMILES string of the molecule is CCN(C1CCCNC1)C1CCC(C)(C)c2ccccc21. The summed E-state index contributed by atoms with van der Waals surface area (Å²) < 4.78 is 0. The molecule has 1 aromatic rings. The molecule has 0 spiro atoms. The van der Waals surface area contributed by atoms with E-state index >= 15 is 0 Å². The molecular weight excluding hydrogens is 256 g/mol. The van der Waals surface area contributed by atoms with Crippen LogP contribution in [0.2, 0.25) is 0 Å². The molecule has 2 nitrogen and oxygen atoms in total. The molecule has 2 atom stereocenters. The van der Waals surface area contributed by atoms with Crippen molar-refractivity contribution in [2.45, 2.75) is 64.0 Å². The van der Waals surface area contributed by atoms with Crippen molar-refractivity contribution in [3.8, 4) is 0 Å². The van der Waals surface area contributed by atoms with Crippen LogP contribution in [0.3, 0.4) is 0 Å². The fourth-order valence-electron chi connectivity index (χ4n) is 4.39. The molecule has 1 aliphatic carbocycles. The van der Waals surface area contributed by atoms with Gasteiger partial charge in [-0.15, -0.1) is 0 Å². The highest BCUT2D eigenvalue weighted by atomic mass is 15.2. The Hall–Kier alpha value is -0.860. The zero-order valence-corrected chi connectivity index (χ0v) is 13.9. The summed E-state index contributed by atoms with van der Waals surface area (Å²) >= 11 is 0. The molecule has 1 N–H and O–H groups in total. The quantitative estimate of drug-likeness (QED) is 0.907. The van der Waals surface area contributed by atoms with Crippen molar-refractivity contribution in [3.05, 3.63) is 35.4 Å². The van der Waals surface area contributed by atoms with Gasteiger partial charge in [-0.05, 0) is 55.3 Å². The number of benzene rings is 1. The van der Waals surface area contributed by atoms with Crippen LogP contribution in [0.25, 0.3) is 0 Å². The van der Waals surface area contributed by atoms with E-state index in [0.29, 0.717) is 17.5 Å². The number of fused-ring (bicyclic) bond motifs is 1. The predicted octanol–water partition coefficient (Wildman–Crippen LogP) is 3.87. The van der Waals surface area contributed by atoms with Gasteiger partial charge in [-0.2, -0.15) is 0 Å². The Morgan fingerprint density at radius 2 is 2.05 bits per heavy atom. The maximum absolute atomic E-state index is 3.59. The van der Waals surface area contributed by atoms with Crippen LogP contribution < -0.4 is 5.32 Å². The topological polar surface area (TPSA) is 15.3 Å². The molecule has 0 saturated carbocycles. The van der Waals surface area contributed by atoms with E-state index < -0.39 is 0 Å². The molecule has 0 amide bonds. The second-order valence-electron chi connectivity index (χ2n) is 7.36. The lowest BCUT2D eigenvalue weighted by atomic mass is 9.70. The van der Waals surface area contributed by atoms with Crippen LogP contribution in [0.15, 0.2) is 24.3 Å². The van der Waals surface area contributed by atoms with Gasteiger partial charge in [0.05, 0.1) is 0 Å². The molecule has 0 radical (unpaired) electrons. The summed E-state index contributed by atoms with van der Waals surface area (Å²) in [6.45, 7) is 10.7. The van der Waals surface area contributed by atoms with Gasteiger partial charge in [0.2, 0.25) is 0 Å². The maximum Gasteiger partial charge on any atom is 0.0354 e. The lowest BCUT2D eigenvalue weighted by molar-refractivity contribution is 0.0991. The van der Waals surface area contributed by atoms with Crippen molar-refractivity contribution in [1.29, 1.82) is 0 Å². The van der Waals surface area contributed by atoms with Gasteiger partial charge in [0, 0.05) is 18.6 Å². The highest BCUT2D eigenvalue weighted by Crippen LogP contribution is 2.44. The molecular formula is C19H30N2. The normalized spacial score (nSPS) is 28.4. The van der Waals surface area contributed by atoms with E-state index in [9.17, 15) is 0 Å². The number of piperidine rings is 1. The molecule has 1 aromatic carbocycles. The molecule has 0 aromatic heterocycles. The van der Waals surface area contributed by atoms with Crippen LogP contribution in [-0.4, -0.2) is 30.6 Å². The lowest BCUT2D eigenvalue weighted by Gasteiger charge is -2.45. The van der Waals surface area contributed by atoms with Crippen molar-refractivity contribution < 1.29 is 0 Å². The number of nitrogens with zero attached hydrogens (tertiary/aromatic N) is 1. The first-order valence-corrected chi connectivity index (χ1v) is 8.69. The number of hydrogen-bond acceptors (Lipinski definition) is 2. The van der Waals surface area contributed by atoms with Crippen molar-refractivity contribution in [2.75, 3.05) is 19.6 Å². The Labute approximate surface area is 129 Å². The van der Waals surface area contributed by atoms with E-state index in [1.165, 1.54) is 32.2 Å². The third-order valence-electron chi connectivity index (χ3n) is 5.60. The molecule has 3 rings (SSSR count). The molecule has 1 heterocycles. The summed E-state index contributed by atoms with van der Waals surface area (Å²) in [7, 11) is 0. The molecule has 2 unspecified atom stereocenters. The fourth-order valence-corrected chi connectivity index (χ4v) is 4.39. The standard InChI is InChI=1S/C19H30N2/c1-4-21(15-8-7-13-20-14-15)18-11-12-19(2,3)17-10-6-5-9-16(17)18/h5-6,9-10,15,18,20H,4,7-8,11-14H2,1-3H3. The van der Waals surface area contributed by atoms with Gasteiger partial charge >= 0.3 is 0 Å². The third kappa shape index (κ3) is 2.89. The zero-order chi connectivity index (χ0) is 14.9. The van der Waals surface area contributed by atoms with E-state index in [2.05, 4.69) is 55.3 Å². The molecule has 0 bridgehead atoms. The number of nitrogens with one attached hydrogen (secondary N) is 1. The average molecular weight is 286 g/mol. The van der Waals surface area contributed by atoms with Crippen LogP contribution >= 0.6 is 0 Å². The van der Waals surface area contributed by atoms with E-state index in [4.69, 9.17) is 0 Å². The highest BCUT2D eigenvalue weighted by Gasteiger charge is 2.36. The van der Waals surface area contributed by atoms with Gasteiger partial charge in [0.25, 0.3) is 0 Å². The van der Waals surface area contributed by atoms with E-state index in [-0.39, 0.29) is 0 Å². The second kappa shape index (κ2) is 6.10. The highest BCUT2D eigenvalue weighted by molar-refractivity contribution is 5.38. The minimum Gasteiger partial charge on any atom is -0.315 e. The molecule has 1 aliphatic heterocycles.